The predicted octanol–water partition coefficient (Wildman–Crippen LogP) is 3.61. The van der Waals surface area contributed by atoms with Gasteiger partial charge < -0.3 is 9.64 Å². The number of hydrogen-bond donors (Lipinski definition) is 0. The van der Waals surface area contributed by atoms with Crippen molar-refractivity contribution >= 4 is 17.4 Å². The third kappa shape index (κ3) is 2.39. The monoisotopic (exact) mass is 332 g/mol. The molecule has 2 heterocycles. The van der Waals surface area contributed by atoms with Gasteiger partial charge in [0.15, 0.2) is 0 Å². The summed E-state index contributed by atoms with van der Waals surface area (Å²) in [6.07, 6.45) is 9.27. The zero-order valence-corrected chi connectivity index (χ0v) is 14.3. The minimum atomic E-state index is -0.164. The van der Waals surface area contributed by atoms with E-state index in [9.17, 15) is 4.79 Å². The summed E-state index contributed by atoms with van der Waals surface area (Å²) in [6.45, 7) is 2.01. The number of amides is 1. The number of nitrogens with zero attached hydrogens (tertiary/aromatic N) is 2. The molecular weight excluding hydrogens is 308 g/mol. The highest BCUT2D eigenvalue weighted by molar-refractivity contribution is 7.09. The van der Waals surface area contributed by atoms with Crippen LogP contribution >= 0.6 is 11.3 Å². The van der Waals surface area contributed by atoms with Crippen LogP contribution in [0.15, 0.2) is 5.38 Å². The van der Waals surface area contributed by atoms with Crippen molar-refractivity contribution in [2.75, 3.05) is 19.7 Å². The van der Waals surface area contributed by atoms with Gasteiger partial charge in [0.1, 0.15) is 6.61 Å². The SMILES string of the molecule is O=C1OCCN1CCc1nc(C23CC4CC(CC(C4)C2)C3)cs1. The van der Waals surface area contributed by atoms with Crippen LogP contribution in [0, 0.1) is 17.8 Å². The lowest BCUT2D eigenvalue weighted by Crippen LogP contribution is -2.48. The standard InChI is InChI=1S/C18H24N2O2S/c21-17-20(3-4-22-17)2-1-16-19-15(11-23-16)18-8-12-5-13(9-18)7-14(6-12)10-18/h11-14H,1-10H2. The minimum absolute atomic E-state index is 0.164. The van der Waals surface area contributed by atoms with Crippen LogP contribution in [0.2, 0.25) is 0 Å². The fourth-order valence-electron chi connectivity index (χ4n) is 5.95. The highest BCUT2D eigenvalue weighted by Gasteiger charge is 2.52. The Kier molecular flexibility index (Phi) is 3.22. The first-order chi connectivity index (χ1) is 11.2. The average Bonchev–Trinajstić information content (AvgIpc) is 3.13. The molecule has 0 atom stereocenters. The Bertz CT molecular complexity index is 591. The summed E-state index contributed by atoms with van der Waals surface area (Å²) in [5.74, 6) is 2.89. The molecule has 23 heavy (non-hydrogen) atoms. The molecule has 1 aromatic heterocycles. The van der Waals surface area contributed by atoms with Gasteiger partial charge in [-0.3, -0.25) is 0 Å². The van der Waals surface area contributed by atoms with Crippen LogP contribution < -0.4 is 0 Å². The van der Waals surface area contributed by atoms with Crippen LogP contribution in [-0.2, 0) is 16.6 Å². The van der Waals surface area contributed by atoms with Crippen molar-refractivity contribution in [3.8, 4) is 0 Å². The first-order valence-electron chi connectivity index (χ1n) is 9.07. The van der Waals surface area contributed by atoms with Crippen LogP contribution in [0.1, 0.15) is 49.2 Å². The van der Waals surface area contributed by atoms with E-state index in [2.05, 4.69) is 5.38 Å². The number of cyclic esters (lactones) is 1. The van der Waals surface area contributed by atoms with Gasteiger partial charge in [-0.2, -0.15) is 0 Å². The van der Waals surface area contributed by atoms with Gasteiger partial charge in [-0.05, 0) is 56.3 Å². The van der Waals surface area contributed by atoms with E-state index in [4.69, 9.17) is 9.72 Å². The molecule has 4 aliphatic carbocycles. The Morgan fingerprint density at radius 2 is 1.91 bits per heavy atom. The molecule has 1 amide bonds. The van der Waals surface area contributed by atoms with E-state index < -0.39 is 0 Å². The number of carbonyl (C=O) groups excluding carboxylic acids is 1. The molecular formula is C18H24N2O2S. The summed E-state index contributed by atoms with van der Waals surface area (Å²) >= 11 is 1.79. The van der Waals surface area contributed by atoms with Crippen molar-refractivity contribution in [1.29, 1.82) is 0 Å². The molecule has 4 bridgehead atoms. The topological polar surface area (TPSA) is 42.4 Å². The van der Waals surface area contributed by atoms with E-state index in [0.717, 1.165) is 37.3 Å². The molecule has 0 N–H and O–H groups in total. The largest absolute Gasteiger partial charge is 0.448 e. The van der Waals surface area contributed by atoms with Crippen molar-refractivity contribution in [2.45, 2.75) is 50.4 Å². The normalized spacial score (nSPS) is 38.3. The number of hydrogen-bond acceptors (Lipinski definition) is 4. The number of carbonyl (C=O) groups is 1. The van der Waals surface area contributed by atoms with Crippen LogP contribution in [0.3, 0.4) is 0 Å². The summed E-state index contributed by atoms with van der Waals surface area (Å²) in [7, 11) is 0. The van der Waals surface area contributed by atoms with Gasteiger partial charge in [-0.25, -0.2) is 9.78 Å². The van der Waals surface area contributed by atoms with Crippen LogP contribution in [0.4, 0.5) is 4.79 Å². The lowest BCUT2D eigenvalue weighted by atomic mass is 9.49. The van der Waals surface area contributed by atoms with E-state index in [1.54, 1.807) is 16.2 Å². The van der Waals surface area contributed by atoms with E-state index >= 15 is 0 Å². The van der Waals surface area contributed by atoms with Crippen LogP contribution in [0.5, 0.6) is 0 Å². The predicted molar refractivity (Wildman–Crippen MR) is 88.6 cm³/mol. The van der Waals surface area contributed by atoms with Gasteiger partial charge in [0.2, 0.25) is 0 Å². The zero-order valence-electron chi connectivity index (χ0n) is 13.5. The van der Waals surface area contributed by atoms with Crippen LogP contribution in [-0.4, -0.2) is 35.7 Å². The highest BCUT2D eigenvalue weighted by Crippen LogP contribution is 2.60. The Labute approximate surface area is 141 Å². The van der Waals surface area contributed by atoms with Crippen molar-refractivity contribution in [3.05, 3.63) is 16.1 Å². The minimum Gasteiger partial charge on any atom is -0.448 e. The first kappa shape index (κ1) is 14.3. The molecule has 4 nitrogen and oxygen atoms in total. The number of rotatable bonds is 4. The van der Waals surface area contributed by atoms with E-state index in [-0.39, 0.29) is 6.09 Å². The Morgan fingerprint density at radius 3 is 2.52 bits per heavy atom. The molecule has 5 aliphatic rings. The van der Waals surface area contributed by atoms with Gasteiger partial charge in [0, 0.05) is 23.8 Å². The highest BCUT2D eigenvalue weighted by atomic mass is 32.1. The molecule has 6 rings (SSSR count). The van der Waals surface area contributed by atoms with Crippen LogP contribution in [0.25, 0.3) is 0 Å². The fourth-order valence-corrected chi connectivity index (χ4v) is 6.86. The van der Waals surface area contributed by atoms with Gasteiger partial charge >= 0.3 is 6.09 Å². The second-order valence-corrected chi connectivity index (χ2v) is 9.12. The van der Waals surface area contributed by atoms with Gasteiger partial charge in [-0.1, -0.05) is 0 Å². The van der Waals surface area contributed by atoms with Gasteiger partial charge in [0.05, 0.1) is 17.2 Å². The Morgan fingerprint density at radius 1 is 1.22 bits per heavy atom. The number of ether oxygens (including phenoxy) is 1. The molecule has 0 aromatic carbocycles. The Hall–Kier alpha value is -1.10. The molecule has 1 aromatic rings. The summed E-state index contributed by atoms with van der Waals surface area (Å²) in [6, 6.07) is 0. The summed E-state index contributed by atoms with van der Waals surface area (Å²) in [4.78, 5) is 18.3. The molecule has 0 spiro atoms. The average molecular weight is 332 g/mol. The lowest BCUT2D eigenvalue weighted by molar-refractivity contribution is -0.00698. The first-order valence-corrected chi connectivity index (χ1v) is 9.95. The summed E-state index contributed by atoms with van der Waals surface area (Å²) in [5.41, 5.74) is 1.77. The third-order valence-electron chi connectivity index (χ3n) is 6.57. The quantitative estimate of drug-likeness (QED) is 0.846. The maximum Gasteiger partial charge on any atom is 0.409 e. The van der Waals surface area contributed by atoms with Crippen molar-refractivity contribution in [2.24, 2.45) is 17.8 Å². The zero-order chi connectivity index (χ0) is 15.4. The maximum absolute atomic E-state index is 11.5. The smallest absolute Gasteiger partial charge is 0.409 e. The third-order valence-corrected chi connectivity index (χ3v) is 7.48. The van der Waals surface area contributed by atoms with Crippen molar-refractivity contribution in [1.82, 2.24) is 9.88 Å². The molecule has 0 radical (unpaired) electrons. The second kappa shape index (κ2) is 5.20. The molecule has 124 valence electrons. The van der Waals surface area contributed by atoms with Crippen molar-refractivity contribution < 1.29 is 9.53 Å². The van der Waals surface area contributed by atoms with E-state index in [1.807, 2.05) is 0 Å². The maximum atomic E-state index is 11.5. The van der Waals surface area contributed by atoms with Gasteiger partial charge in [-0.15, -0.1) is 11.3 Å². The second-order valence-electron chi connectivity index (χ2n) is 8.18. The Balaban J connectivity index is 1.31. The molecule has 4 saturated carbocycles. The summed E-state index contributed by atoms with van der Waals surface area (Å²) < 4.78 is 4.99. The molecule has 5 heteroatoms. The lowest BCUT2D eigenvalue weighted by Gasteiger charge is -2.56. The summed E-state index contributed by atoms with van der Waals surface area (Å²) in [5, 5.41) is 3.51. The van der Waals surface area contributed by atoms with Gasteiger partial charge in [0.25, 0.3) is 0 Å². The van der Waals surface area contributed by atoms with E-state index in [1.165, 1.54) is 49.2 Å². The van der Waals surface area contributed by atoms with Crippen molar-refractivity contribution in [3.63, 3.8) is 0 Å². The molecule has 1 saturated heterocycles. The fraction of sp³-hybridized carbons (Fsp3) is 0.778. The molecule has 1 aliphatic heterocycles. The van der Waals surface area contributed by atoms with E-state index in [0.29, 0.717) is 12.0 Å². The number of aromatic nitrogens is 1. The molecule has 0 unspecified atom stereocenters. The molecule has 5 fully saturated rings. The number of thiazole rings is 1.